The third-order valence-corrected chi connectivity index (χ3v) is 5.34. The highest BCUT2D eigenvalue weighted by molar-refractivity contribution is 5.90. The van der Waals surface area contributed by atoms with Crippen molar-refractivity contribution in [3.8, 4) is 11.5 Å². The van der Waals surface area contributed by atoms with Crippen LogP contribution in [0.4, 0.5) is 0 Å². The predicted octanol–water partition coefficient (Wildman–Crippen LogP) is 4.88. The number of methoxy groups -OCH3 is 1. The summed E-state index contributed by atoms with van der Waals surface area (Å²) >= 11 is 0. The van der Waals surface area contributed by atoms with Crippen molar-refractivity contribution in [2.45, 2.75) is 58.3 Å². The monoisotopic (exact) mass is 410 g/mol. The SMILES string of the molecule is COC(=O)COc1ccc(C2C(=O)Oc3c2cc(C(C)(C)C)cc3C(C)(C)C)cc1. The van der Waals surface area contributed by atoms with Crippen LogP contribution in [0.5, 0.6) is 11.5 Å². The van der Waals surface area contributed by atoms with Crippen LogP contribution in [0.1, 0.15) is 69.7 Å². The van der Waals surface area contributed by atoms with E-state index in [1.807, 2.05) is 12.1 Å². The summed E-state index contributed by atoms with van der Waals surface area (Å²) in [5.74, 6) is 0.00529. The maximum Gasteiger partial charge on any atom is 0.343 e. The van der Waals surface area contributed by atoms with E-state index in [1.165, 1.54) is 12.7 Å². The number of benzene rings is 2. The van der Waals surface area contributed by atoms with E-state index in [2.05, 4.69) is 58.4 Å². The molecule has 5 nitrogen and oxygen atoms in total. The molecule has 0 aliphatic carbocycles. The van der Waals surface area contributed by atoms with Crippen LogP contribution in [-0.2, 0) is 25.2 Å². The molecular weight excluding hydrogens is 380 g/mol. The van der Waals surface area contributed by atoms with Crippen LogP contribution in [0.2, 0.25) is 0 Å². The van der Waals surface area contributed by atoms with Gasteiger partial charge in [0.2, 0.25) is 0 Å². The fraction of sp³-hybridized carbons (Fsp3) is 0.440. The molecule has 1 unspecified atom stereocenters. The van der Waals surface area contributed by atoms with E-state index in [0.29, 0.717) is 11.5 Å². The standard InChI is InChI=1S/C25H30O5/c1-24(2,3)16-12-18-21(23(27)30-22(18)19(13-16)25(4,5)6)15-8-10-17(11-9-15)29-14-20(26)28-7/h8-13,21H,14H2,1-7H3. The number of carbonyl (C=O) groups excluding carboxylic acids is 2. The van der Waals surface area contributed by atoms with Crippen LogP contribution in [0, 0.1) is 0 Å². The van der Waals surface area contributed by atoms with Crippen molar-refractivity contribution in [1.29, 1.82) is 0 Å². The molecule has 5 heteroatoms. The molecule has 0 saturated heterocycles. The van der Waals surface area contributed by atoms with Gasteiger partial charge in [0.15, 0.2) is 6.61 Å². The molecule has 2 aromatic carbocycles. The summed E-state index contributed by atoms with van der Waals surface area (Å²) in [7, 11) is 1.32. The minimum Gasteiger partial charge on any atom is -0.482 e. The molecule has 0 bridgehead atoms. The summed E-state index contributed by atoms with van der Waals surface area (Å²) < 4.78 is 15.8. The van der Waals surface area contributed by atoms with Crippen molar-refractivity contribution in [3.63, 3.8) is 0 Å². The van der Waals surface area contributed by atoms with Gasteiger partial charge in [0.1, 0.15) is 17.4 Å². The summed E-state index contributed by atoms with van der Waals surface area (Å²) in [5.41, 5.74) is 3.73. The number of rotatable bonds is 4. The Hall–Kier alpha value is -2.82. The minimum atomic E-state index is -0.488. The zero-order valence-corrected chi connectivity index (χ0v) is 18.8. The van der Waals surface area contributed by atoms with Crippen LogP contribution in [0.25, 0.3) is 0 Å². The highest BCUT2D eigenvalue weighted by atomic mass is 16.6. The Morgan fingerprint density at radius 3 is 2.17 bits per heavy atom. The van der Waals surface area contributed by atoms with E-state index in [4.69, 9.17) is 9.47 Å². The smallest absolute Gasteiger partial charge is 0.343 e. The third kappa shape index (κ3) is 4.35. The maximum absolute atomic E-state index is 12.9. The van der Waals surface area contributed by atoms with Gasteiger partial charge in [-0.1, -0.05) is 65.8 Å². The van der Waals surface area contributed by atoms with Gasteiger partial charge in [-0.3, -0.25) is 4.79 Å². The van der Waals surface area contributed by atoms with E-state index in [1.54, 1.807) is 12.1 Å². The molecule has 0 fully saturated rings. The molecular formula is C25H30O5. The highest BCUT2D eigenvalue weighted by Gasteiger charge is 2.39. The van der Waals surface area contributed by atoms with Gasteiger partial charge in [-0.2, -0.15) is 0 Å². The molecule has 1 heterocycles. The zero-order valence-electron chi connectivity index (χ0n) is 18.8. The lowest BCUT2D eigenvalue weighted by molar-refractivity contribution is -0.143. The largest absolute Gasteiger partial charge is 0.482 e. The first-order chi connectivity index (χ1) is 13.9. The Morgan fingerprint density at radius 1 is 1.00 bits per heavy atom. The fourth-order valence-electron chi connectivity index (χ4n) is 3.53. The van der Waals surface area contributed by atoms with Gasteiger partial charge >= 0.3 is 11.9 Å². The van der Waals surface area contributed by atoms with Crippen LogP contribution < -0.4 is 9.47 Å². The third-order valence-electron chi connectivity index (χ3n) is 5.34. The highest BCUT2D eigenvalue weighted by Crippen LogP contribution is 2.47. The average molecular weight is 411 g/mol. The van der Waals surface area contributed by atoms with E-state index < -0.39 is 11.9 Å². The topological polar surface area (TPSA) is 61.8 Å². The van der Waals surface area contributed by atoms with Gasteiger partial charge in [0.05, 0.1) is 7.11 Å². The Kier molecular flexibility index (Phi) is 5.68. The predicted molar refractivity (Wildman–Crippen MR) is 115 cm³/mol. The number of hydrogen-bond acceptors (Lipinski definition) is 5. The number of fused-ring (bicyclic) bond motifs is 1. The first kappa shape index (κ1) is 21.9. The first-order valence-corrected chi connectivity index (χ1v) is 10.1. The lowest BCUT2D eigenvalue weighted by Gasteiger charge is -2.27. The van der Waals surface area contributed by atoms with Crippen LogP contribution in [0.3, 0.4) is 0 Å². The molecule has 0 saturated carbocycles. The first-order valence-electron chi connectivity index (χ1n) is 10.1. The fourth-order valence-corrected chi connectivity index (χ4v) is 3.53. The summed E-state index contributed by atoms with van der Waals surface area (Å²) in [5, 5.41) is 0. The van der Waals surface area contributed by atoms with Gasteiger partial charge in [-0.05, 0) is 34.1 Å². The van der Waals surface area contributed by atoms with Crippen molar-refractivity contribution >= 4 is 11.9 Å². The summed E-state index contributed by atoms with van der Waals surface area (Å²) in [6, 6.07) is 11.5. The summed E-state index contributed by atoms with van der Waals surface area (Å²) in [6.07, 6.45) is 0. The molecule has 0 amide bonds. The number of hydrogen-bond donors (Lipinski definition) is 0. The van der Waals surface area contributed by atoms with E-state index in [9.17, 15) is 9.59 Å². The van der Waals surface area contributed by atoms with Crippen molar-refractivity contribution in [3.05, 3.63) is 58.7 Å². The van der Waals surface area contributed by atoms with Crippen molar-refractivity contribution < 1.29 is 23.8 Å². The summed E-state index contributed by atoms with van der Waals surface area (Å²) in [4.78, 5) is 24.2. The van der Waals surface area contributed by atoms with Crippen LogP contribution in [0.15, 0.2) is 36.4 Å². The van der Waals surface area contributed by atoms with E-state index in [-0.39, 0.29) is 23.4 Å². The van der Waals surface area contributed by atoms with Gasteiger partial charge < -0.3 is 14.2 Å². The zero-order chi connectivity index (χ0) is 22.3. The minimum absolute atomic E-state index is 0.0587. The van der Waals surface area contributed by atoms with Crippen LogP contribution >= 0.6 is 0 Å². The average Bonchev–Trinajstić information content (AvgIpc) is 2.99. The van der Waals surface area contributed by atoms with Crippen molar-refractivity contribution in [2.75, 3.05) is 13.7 Å². The Balaban J connectivity index is 2.02. The van der Waals surface area contributed by atoms with Gasteiger partial charge in [-0.25, -0.2) is 4.79 Å². The van der Waals surface area contributed by atoms with Crippen molar-refractivity contribution in [2.24, 2.45) is 0 Å². The molecule has 30 heavy (non-hydrogen) atoms. The van der Waals surface area contributed by atoms with Gasteiger partial charge in [0.25, 0.3) is 0 Å². The quantitative estimate of drug-likeness (QED) is 0.531. The maximum atomic E-state index is 12.9. The van der Waals surface area contributed by atoms with E-state index >= 15 is 0 Å². The second-order valence-electron chi connectivity index (χ2n) is 9.73. The van der Waals surface area contributed by atoms with Crippen LogP contribution in [-0.4, -0.2) is 25.7 Å². The molecule has 1 aliphatic heterocycles. The Bertz CT molecular complexity index is 959. The molecule has 1 aliphatic rings. The number of esters is 2. The van der Waals surface area contributed by atoms with E-state index in [0.717, 1.165) is 16.7 Å². The second kappa shape index (κ2) is 7.78. The molecule has 0 N–H and O–H groups in total. The number of ether oxygens (including phenoxy) is 3. The Labute approximate surface area is 178 Å². The second-order valence-corrected chi connectivity index (χ2v) is 9.73. The lowest BCUT2D eigenvalue weighted by Crippen LogP contribution is -2.17. The normalized spacial score (nSPS) is 16.1. The molecule has 2 aromatic rings. The van der Waals surface area contributed by atoms with Gasteiger partial charge in [0, 0.05) is 11.1 Å². The molecule has 0 aromatic heterocycles. The molecule has 160 valence electrons. The molecule has 0 radical (unpaired) electrons. The molecule has 3 rings (SSSR count). The lowest BCUT2D eigenvalue weighted by atomic mass is 9.77. The van der Waals surface area contributed by atoms with Crippen molar-refractivity contribution in [1.82, 2.24) is 0 Å². The Morgan fingerprint density at radius 2 is 1.63 bits per heavy atom. The molecule has 1 atom stereocenters. The number of carbonyl (C=O) groups is 2. The summed E-state index contributed by atoms with van der Waals surface area (Å²) in [6.45, 7) is 12.7. The van der Waals surface area contributed by atoms with Gasteiger partial charge in [-0.15, -0.1) is 0 Å². The molecule has 0 spiro atoms.